The Morgan fingerprint density at radius 1 is 1.47 bits per heavy atom. The van der Waals surface area contributed by atoms with Gasteiger partial charge in [-0.05, 0) is 7.05 Å². The van der Waals surface area contributed by atoms with Gasteiger partial charge in [0.05, 0.1) is 6.20 Å². The van der Waals surface area contributed by atoms with E-state index in [-0.39, 0.29) is 5.76 Å². The second kappa shape index (κ2) is 5.29. The molecule has 0 atom stereocenters. The number of carboxylic acids is 1. The van der Waals surface area contributed by atoms with Crippen molar-refractivity contribution in [2.24, 2.45) is 0 Å². The predicted octanol–water partition coefficient (Wildman–Crippen LogP) is 0.163. The molecule has 2 rings (SSSR count). The molecule has 0 aromatic carbocycles. The molecule has 17 heavy (non-hydrogen) atoms. The highest BCUT2D eigenvalue weighted by Gasteiger charge is 2.15. The van der Waals surface area contributed by atoms with Crippen LogP contribution in [0.5, 0.6) is 0 Å². The van der Waals surface area contributed by atoms with Gasteiger partial charge in [-0.25, -0.2) is 9.78 Å². The lowest BCUT2D eigenvalue weighted by Crippen LogP contribution is -2.45. The number of rotatable bonds is 4. The van der Waals surface area contributed by atoms with E-state index in [1.807, 2.05) is 0 Å². The maximum atomic E-state index is 10.6. The van der Waals surface area contributed by atoms with Crippen LogP contribution in [-0.4, -0.2) is 65.6 Å². The minimum Gasteiger partial charge on any atom is -0.475 e. The summed E-state index contributed by atoms with van der Waals surface area (Å²) in [5.74, 6) is -0.650. The highest BCUT2D eigenvalue weighted by Crippen LogP contribution is 2.06. The number of likely N-dealkylation sites (N-methyl/N-ethyl adjacent to an activating group) is 1. The van der Waals surface area contributed by atoms with E-state index in [1.165, 1.54) is 6.20 Å². The first kappa shape index (κ1) is 12.1. The van der Waals surface area contributed by atoms with Crippen molar-refractivity contribution in [1.29, 1.82) is 0 Å². The van der Waals surface area contributed by atoms with E-state index in [4.69, 9.17) is 9.52 Å². The molecule has 6 heteroatoms. The third-order valence-electron chi connectivity index (χ3n) is 3.00. The van der Waals surface area contributed by atoms with Gasteiger partial charge in [0.1, 0.15) is 0 Å². The van der Waals surface area contributed by atoms with Gasteiger partial charge in [-0.15, -0.1) is 0 Å². The molecule has 1 aromatic rings. The number of hydrogen-bond donors (Lipinski definition) is 1. The van der Waals surface area contributed by atoms with E-state index in [1.54, 1.807) is 0 Å². The predicted molar refractivity (Wildman–Crippen MR) is 61.1 cm³/mol. The third-order valence-corrected chi connectivity index (χ3v) is 3.00. The minimum atomic E-state index is -1.07. The van der Waals surface area contributed by atoms with Crippen LogP contribution in [0.3, 0.4) is 0 Å². The first-order valence-corrected chi connectivity index (χ1v) is 5.74. The number of aromatic carboxylic acids is 1. The standard InChI is InChI=1S/C11H17N3O3/c1-13-4-6-14(7-5-13)3-2-10-12-8-9(17-10)11(15)16/h8H,2-7H2,1H3,(H,15,16). The molecule has 1 fully saturated rings. The van der Waals surface area contributed by atoms with Gasteiger partial charge in [-0.3, -0.25) is 0 Å². The van der Waals surface area contributed by atoms with Crippen molar-refractivity contribution in [1.82, 2.24) is 14.8 Å². The molecule has 6 nitrogen and oxygen atoms in total. The fraction of sp³-hybridized carbons (Fsp3) is 0.636. The maximum absolute atomic E-state index is 10.6. The molecule has 1 aromatic heterocycles. The molecule has 0 aliphatic carbocycles. The monoisotopic (exact) mass is 239 g/mol. The Hall–Kier alpha value is -1.40. The van der Waals surface area contributed by atoms with Crippen LogP contribution in [0, 0.1) is 0 Å². The summed E-state index contributed by atoms with van der Waals surface area (Å²) < 4.78 is 5.11. The summed E-state index contributed by atoms with van der Waals surface area (Å²) in [6, 6.07) is 0. The minimum absolute atomic E-state index is 0.0848. The molecule has 1 aliphatic rings. The quantitative estimate of drug-likeness (QED) is 0.807. The van der Waals surface area contributed by atoms with Gasteiger partial charge < -0.3 is 19.3 Å². The zero-order valence-electron chi connectivity index (χ0n) is 9.93. The molecule has 1 aliphatic heterocycles. The molecule has 2 heterocycles. The van der Waals surface area contributed by atoms with Gasteiger partial charge in [0.15, 0.2) is 5.89 Å². The lowest BCUT2D eigenvalue weighted by Gasteiger charge is -2.31. The Morgan fingerprint density at radius 3 is 2.76 bits per heavy atom. The Labute approximate surface area is 99.8 Å². The number of carboxylic acid groups (broad SMARTS) is 1. The zero-order chi connectivity index (χ0) is 12.3. The van der Waals surface area contributed by atoms with Crippen LogP contribution >= 0.6 is 0 Å². The molecule has 1 saturated heterocycles. The van der Waals surface area contributed by atoms with E-state index in [0.29, 0.717) is 12.3 Å². The number of carbonyl (C=O) groups is 1. The van der Waals surface area contributed by atoms with Crippen molar-refractivity contribution in [3.8, 4) is 0 Å². The highest BCUT2D eigenvalue weighted by atomic mass is 16.4. The summed E-state index contributed by atoms with van der Waals surface area (Å²) in [6.07, 6.45) is 1.93. The van der Waals surface area contributed by atoms with E-state index < -0.39 is 5.97 Å². The molecule has 0 bridgehead atoms. The van der Waals surface area contributed by atoms with Crippen molar-refractivity contribution < 1.29 is 14.3 Å². The molecular weight excluding hydrogens is 222 g/mol. The van der Waals surface area contributed by atoms with Crippen molar-refractivity contribution in [3.05, 3.63) is 17.8 Å². The summed E-state index contributed by atoms with van der Waals surface area (Å²) in [4.78, 5) is 19.2. The largest absolute Gasteiger partial charge is 0.475 e. The first-order valence-electron chi connectivity index (χ1n) is 5.74. The Kier molecular flexibility index (Phi) is 3.75. The zero-order valence-corrected chi connectivity index (χ0v) is 9.93. The average molecular weight is 239 g/mol. The third kappa shape index (κ3) is 3.28. The molecule has 1 N–H and O–H groups in total. The Bertz CT molecular complexity index is 383. The molecule has 0 amide bonds. The number of piperazine rings is 1. The smallest absolute Gasteiger partial charge is 0.373 e. The maximum Gasteiger partial charge on any atom is 0.373 e. The van der Waals surface area contributed by atoms with Crippen LogP contribution in [0.15, 0.2) is 10.6 Å². The summed E-state index contributed by atoms with van der Waals surface area (Å²) in [5.41, 5.74) is 0. The Balaban J connectivity index is 1.79. The fourth-order valence-electron chi connectivity index (χ4n) is 1.85. The summed E-state index contributed by atoms with van der Waals surface area (Å²) in [5, 5.41) is 8.69. The highest BCUT2D eigenvalue weighted by molar-refractivity contribution is 5.83. The molecule has 0 unspecified atom stereocenters. The van der Waals surface area contributed by atoms with Crippen molar-refractivity contribution >= 4 is 5.97 Å². The fourth-order valence-corrected chi connectivity index (χ4v) is 1.85. The van der Waals surface area contributed by atoms with E-state index >= 15 is 0 Å². The number of hydrogen-bond acceptors (Lipinski definition) is 5. The number of aromatic nitrogens is 1. The van der Waals surface area contributed by atoms with Gasteiger partial charge in [-0.1, -0.05) is 0 Å². The van der Waals surface area contributed by atoms with Crippen molar-refractivity contribution in [3.63, 3.8) is 0 Å². The van der Waals surface area contributed by atoms with Crippen LogP contribution in [0.4, 0.5) is 0 Å². The molecule has 0 spiro atoms. The van der Waals surface area contributed by atoms with E-state index in [9.17, 15) is 4.79 Å². The summed E-state index contributed by atoms with van der Waals surface area (Å²) in [6.45, 7) is 5.11. The van der Waals surface area contributed by atoms with Gasteiger partial charge in [-0.2, -0.15) is 0 Å². The van der Waals surface area contributed by atoms with Crippen LogP contribution in [0.25, 0.3) is 0 Å². The van der Waals surface area contributed by atoms with Crippen LogP contribution < -0.4 is 0 Å². The first-order chi connectivity index (χ1) is 8.15. The molecule has 0 radical (unpaired) electrons. The summed E-state index contributed by atoms with van der Waals surface area (Å²) in [7, 11) is 2.12. The second-order valence-corrected chi connectivity index (χ2v) is 4.32. The van der Waals surface area contributed by atoms with Gasteiger partial charge in [0.2, 0.25) is 5.76 Å². The van der Waals surface area contributed by atoms with Crippen molar-refractivity contribution in [2.75, 3.05) is 39.8 Å². The topological polar surface area (TPSA) is 69.8 Å². The lowest BCUT2D eigenvalue weighted by molar-refractivity contribution is 0.0659. The SMILES string of the molecule is CN1CCN(CCc2ncc(C(=O)O)o2)CC1. The van der Waals surface area contributed by atoms with Crippen LogP contribution in [0.1, 0.15) is 16.4 Å². The Morgan fingerprint density at radius 2 is 2.18 bits per heavy atom. The summed E-state index contributed by atoms with van der Waals surface area (Å²) >= 11 is 0. The average Bonchev–Trinajstić information content (AvgIpc) is 2.77. The normalized spacial score (nSPS) is 18.4. The number of oxazole rings is 1. The van der Waals surface area contributed by atoms with Crippen LogP contribution in [-0.2, 0) is 6.42 Å². The molecule has 0 saturated carbocycles. The van der Waals surface area contributed by atoms with Crippen molar-refractivity contribution in [2.45, 2.75) is 6.42 Å². The van der Waals surface area contributed by atoms with Gasteiger partial charge >= 0.3 is 5.97 Å². The second-order valence-electron chi connectivity index (χ2n) is 4.32. The van der Waals surface area contributed by atoms with E-state index in [0.717, 1.165) is 32.7 Å². The van der Waals surface area contributed by atoms with Crippen LogP contribution in [0.2, 0.25) is 0 Å². The molecular formula is C11H17N3O3. The van der Waals surface area contributed by atoms with Gasteiger partial charge in [0, 0.05) is 39.1 Å². The number of nitrogens with zero attached hydrogens (tertiary/aromatic N) is 3. The van der Waals surface area contributed by atoms with Gasteiger partial charge in [0.25, 0.3) is 0 Å². The van der Waals surface area contributed by atoms with E-state index in [2.05, 4.69) is 21.8 Å². The lowest BCUT2D eigenvalue weighted by atomic mass is 10.3. The molecule has 94 valence electrons.